The van der Waals surface area contributed by atoms with Crippen LogP contribution in [0.15, 0.2) is 157 Å². The first-order valence-corrected chi connectivity index (χ1v) is 14.9. The van der Waals surface area contributed by atoms with Crippen LogP contribution < -0.4 is 0 Å². The van der Waals surface area contributed by atoms with Crippen LogP contribution in [0.2, 0.25) is 0 Å². The highest BCUT2D eigenvalue weighted by Gasteiger charge is 2.46. The number of fused-ring (bicyclic) bond motifs is 6. The van der Waals surface area contributed by atoms with Crippen molar-refractivity contribution in [1.82, 2.24) is 0 Å². The molecule has 2 heteroatoms. The number of rotatable bonds is 7. The molecule has 0 aliphatic heterocycles. The number of aliphatic hydroxyl groups excluding tert-OH is 1. The fourth-order valence-electron chi connectivity index (χ4n) is 7.60. The molecule has 0 bridgehead atoms. The lowest BCUT2D eigenvalue weighted by Crippen LogP contribution is -2.29. The third kappa shape index (κ3) is 4.09. The van der Waals surface area contributed by atoms with E-state index >= 15 is 0 Å². The normalized spacial score (nSPS) is 15.5. The summed E-state index contributed by atoms with van der Waals surface area (Å²) in [7, 11) is 0. The molecule has 5 aromatic rings. The molecule has 0 amide bonds. The third-order valence-corrected chi connectivity index (χ3v) is 9.48. The van der Waals surface area contributed by atoms with Crippen molar-refractivity contribution in [2.45, 2.75) is 30.6 Å². The van der Waals surface area contributed by atoms with Crippen LogP contribution in [0.3, 0.4) is 0 Å². The van der Waals surface area contributed by atoms with Crippen LogP contribution in [0.25, 0.3) is 22.3 Å². The molecular weight excluding hydrogens is 524 g/mol. The largest absolute Gasteiger partial charge is 0.509 e. The minimum absolute atomic E-state index is 0.0110. The Hall–Kier alpha value is -5.08. The second-order valence-corrected chi connectivity index (χ2v) is 11.8. The molecule has 0 fully saturated rings. The maximum Gasteiger partial charge on any atom is 0.115 e. The van der Waals surface area contributed by atoms with Crippen molar-refractivity contribution in [3.8, 4) is 28.0 Å². The number of hydrogen-bond donors (Lipinski definition) is 2. The molecule has 2 aliphatic carbocycles. The zero-order valence-electron chi connectivity index (χ0n) is 24.3. The van der Waals surface area contributed by atoms with Gasteiger partial charge < -0.3 is 10.2 Å². The molecule has 0 radical (unpaired) electrons. The van der Waals surface area contributed by atoms with Crippen molar-refractivity contribution < 1.29 is 10.2 Å². The van der Waals surface area contributed by atoms with Gasteiger partial charge in [0.2, 0.25) is 0 Å². The second kappa shape index (κ2) is 10.3. The summed E-state index contributed by atoms with van der Waals surface area (Å²) in [6.45, 7) is 6.13. The summed E-state index contributed by atoms with van der Waals surface area (Å²) in [6.07, 6.45) is 7.81. The Bertz CT molecular complexity index is 1830. The lowest BCUT2D eigenvalue weighted by Gasteiger charge is -2.35. The van der Waals surface area contributed by atoms with Crippen molar-refractivity contribution in [3.63, 3.8) is 0 Å². The zero-order chi connectivity index (χ0) is 29.6. The molecule has 2 N–H and O–H groups in total. The first-order valence-electron chi connectivity index (χ1n) is 14.9. The summed E-state index contributed by atoms with van der Waals surface area (Å²) < 4.78 is 0. The minimum atomic E-state index is -0.640. The number of hydrogen-bond acceptors (Lipinski definition) is 2. The number of benzene rings is 5. The van der Waals surface area contributed by atoms with Gasteiger partial charge in [-0.15, -0.1) is 0 Å². The average molecular weight is 559 g/mol. The van der Waals surface area contributed by atoms with Crippen LogP contribution in [-0.2, 0) is 10.8 Å². The van der Waals surface area contributed by atoms with Gasteiger partial charge in [-0.25, -0.2) is 0 Å². The van der Waals surface area contributed by atoms with Crippen LogP contribution in [0.1, 0.15) is 47.6 Å². The van der Waals surface area contributed by atoms with Crippen LogP contribution in [-0.4, -0.2) is 10.2 Å². The number of phenols is 1. The first kappa shape index (κ1) is 26.8. The van der Waals surface area contributed by atoms with Gasteiger partial charge in [0, 0.05) is 5.41 Å². The minimum Gasteiger partial charge on any atom is -0.509 e. The molecule has 2 aliphatic rings. The molecule has 7 rings (SSSR count). The summed E-state index contributed by atoms with van der Waals surface area (Å²) in [4.78, 5) is 0. The molecular formula is C41H34O2. The van der Waals surface area contributed by atoms with Crippen LogP contribution >= 0.6 is 0 Å². The Morgan fingerprint density at radius 1 is 0.628 bits per heavy atom. The molecule has 0 spiro atoms. The van der Waals surface area contributed by atoms with Gasteiger partial charge in [0.05, 0.1) is 5.41 Å². The quantitative estimate of drug-likeness (QED) is 0.154. The van der Waals surface area contributed by atoms with Gasteiger partial charge in [-0.1, -0.05) is 135 Å². The van der Waals surface area contributed by atoms with Gasteiger partial charge in [-0.05, 0) is 86.7 Å². The summed E-state index contributed by atoms with van der Waals surface area (Å²) in [5.41, 5.74) is 11.5. The molecule has 5 aromatic carbocycles. The van der Waals surface area contributed by atoms with Crippen molar-refractivity contribution in [1.29, 1.82) is 0 Å². The Morgan fingerprint density at radius 2 is 1.07 bits per heavy atom. The van der Waals surface area contributed by atoms with E-state index in [2.05, 4.69) is 117 Å². The van der Waals surface area contributed by atoms with Crippen LogP contribution in [0.5, 0.6) is 5.75 Å². The Balaban J connectivity index is 1.42. The molecule has 0 saturated carbocycles. The number of aliphatic hydroxyl groups is 1. The molecule has 0 unspecified atom stereocenters. The van der Waals surface area contributed by atoms with Gasteiger partial charge in [0.25, 0.3) is 0 Å². The van der Waals surface area contributed by atoms with E-state index in [1.165, 1.54) is 44.5 Å². The van der Waals surface area contributed by atoms with Crippen LogP contribution in [0, 0.1) is 0 Å². The predicted molar refractivity (Wildman–Crippen MR) is 176 cm³/mol. The lowest BCUT2D eigenvalue weighted by molar-refractivity contribution is 0.435. The molecule has 0 saturated heterocycles. The van der Waals surface area contributed by atoms with E-state index in [1.54, 1.807) is 18.2 Å². The first-order chi connectivity index (χ1) is 20.9. The molecule has 2 nitrogen and oxygen atoms in total. The molecule has 0 heterocycles. The highest BCUT2D eigenvalue weighted by molar-refractivity contribution is 5.87. The predicted octanol–water partition coefficient (Wildman–Crippen LogP) is 10.0. The summed E-state index contributed by atoms with van der Waals surface area (Å²) in [5, 5.41) is 20.5. The molecule has 43 heavy (non-hydrogen) atoms. The standard InChI is InChI=1S/C41H34O2/c1-28(42)21-22-29(12-11-27-40(2)36-17-7-3-13-32(36)33-14-4-8-18-37(33)40)41(30-23-25-31(43)26-24-30)38-19-9-5-15-34(38)35-16-6-10-20-39(35)41/h3-10,12-26,42-43H,1,11,27H2,2H3/b22-21-,29-12+. The zero-order valence-corrected chi connectivity index (χ0v) is 24.3. The van der Waals surface area contributed by atoms with Gasteiger partial charge >= 0.3 is 0 Å². The second-order valence-electron chi connectivity index (χ2n) is 11.8. The maximum atomic E-state index is 10.3. The van der Waals surface area contributed by atoms with E-state index in [4.69, 9.17) is 0 Å². The maximum absolute atomic E-state index is 10.3. The van der Waals surface area contributed by atoms with E-state index in [-0.39, 0.29) is 16.9 Å². The van der Waals surface area contributed by atoms with E-state index < -0.39 is 5.41 Å². The third-order valence-electron chi connectivity index (χ3n) is 9.48. The fraction of sp³-hybridized carbons (Fsp3) is 0.122. The molecule has 210 valence electrons. The van der Waals surface area contributed by atoms with E-state index in [1.807, 2.05) is 18.2 Å². The van der Waals surface area contributed by atoms with Gasteiger partial charge in [0.1, 0.15) is 11.5 Å². The average Bonchev–Trinajstić information content (AvgIpc) is 3.47. The Kier molecular flexibility index (Phi) is 6.43. The van der Waals surface area contributed by atoms with Gasteiger partial charge in [0.15, 0.2) is 0 Å². The number of allylic oxidation sites excluding steroid dienone is 4. The summed E-state index contributed by atoms with van der Waals surface area (Å²) in [6, 6.07) is 42.3. The molecule has 0 atom stereocenters. The fourth-order valence-corrected chi connectivity index (χ4v) is 7.60. The van der Waals surface area contributed by atoms with E-state index in [0.717, 1.165) is 24.0 Å². The van der Waals surface area contributed by atoms with Crippen LogP contribution in [0.4, 0.5) is 0 Å². The Labute approximate surface area is 253 Å². The van der Waals surface area contributed by atoms with Crippen molar-refractivity contribution >= 4 is 0 Å². The highest BCUT2D eigenvalue weighted by atomic mass is 16.3. The number of aromatic hydroxyl groups is 1. The van der Waals surface area contributed by atoms with Crippen molar-refractivity contribution in [3.05, 3.63) is 185 Å². The molecule has 0 aromatic heterocycles. The van der Waals surface area contributed by atoms with E-state index in [0.29, 0.717) is 0 Å². The number of phenolic OH excluding ortho intramolecular Hbond substituents is 1. The van der Waals surface area contributed by atoms with Crippen molar-refractivity contribution in [2.75, 3.05) is 0 Å². The monoisotopic (exact) mass is 558 g/mol. The van der Waals surface area contributed by atoms with Gasteiger partial charge in [-0.2, -0.15) is 0 Å². The highest BCUT2D eigenvalue weighted by Crippen LogP contribution is 2.57. The Morgan fingerprint density at radius 3 is 1.56 bits per heavy atom. The lowest BCUT2D eigenvalue weighted by atomic mass is 9.66. The topological polar surface area (TPSA) is 40.5 Å². The summed E-state index contributed by atoms with van der Waals surface area (Å²) >= 11 is 0. The SMILES string of the molecule is C=C(O)/C=C\C(=C/CCC1(C)c2ccccc2-c2ccccc21)C1(c2ccc(O)cc2)c2ccccc2-c2ccccc21. The summed E-state index contributed by atoms with van der Waals surface area (Å²) in [5.74, 6) is 0.242. The van der Waals surface area contributed by atoms with Gasteiger partial charge in [-0.3, -0.25) is 0 Å². The van der Waals surface area contributed by atoms with Crippen molar-refractivity contribution in [2.24, 2.45) is 0 Å². The smallest absolute Gasteiger partial charge is 0.115 e. The van der Waals surface area contributed by atoms with E-state index in [9.17, 15) is 10.2 Å².